The summed E-state index contributed by atoms with van der Waals surface area (Å²) in [5.74, 6) is 0.0928. The van der Waals surface area contributed by atoms with Crippen molar-refractivity contribution < 1.29 is 10.2 Å². The molecule has 0 radical (unpaired) electrons. The highest BCUT2D eigenvalue weighted by Crippen LogP contribution is 2.28. The molecule has 1 aliphatic rings. The molecule has 0 amide bonds. The van der Waals surface area contributed by atoms with Crippen molar-refractivity contribution in [2.45, 2.75) is 6.23 Å². The number of hydrogen-bond donors (Lipinski definition) is 3. The van der Waals surface area contributed by atoms with Crippen molar-refractivity contribution in [1.29, 1.82) is 5.41 Å². The summed E-state index contributed by atoms with van der Waals surface area (Å²) in [5, 5.41) is 27.3. The van der Waals surface area contributed by atoms with Gasteiger partial charge in [0.15, 0.2) is 6.23 Å². The molecule has 1 unspecified atom stereocenters. The largest absolute Gasteiger partial charge is 0.507 e. The second-order valence-electron chi connectivity index (χ2n) is 3.49. The number of aliphatic hydroxyl groups is 2. The van der Waals surface area contributed by atoms with Crippen LogP contribution in [0.25, 0.3) is 5.76 Å². The van der Waals surface area contributed by atoms with E-state index in [1.807, 2.05) is 0 Å². The third-order valence-corrected chi connectivity index (χ3v) is 2.54. The summed E-state index contributed by atoms with van der Waals surface area (Å²) in [5.41, 5.74) is 1.18. The Kier molecular flexibility index (Phi) is 2.21. The Morgan fingerprint density at radius 2 is 2.00 bits per heavy atom. The fraction of sp³-hybridized carbons (Fsp3) is 0.182. The van der Waals surface area contributed by atoms with Crippen LogP contribution >= 0.6 is 0 Å². The van der Waals surface area contributed by atoms with Gasteiger partial charge in [-0.15, -0.1) is 0 Å². The minimum Gasteiger partial charge on any atom is -0.507 e. The maximum Gasteiger partial charge on any atom is 0.154 e. The van der Waals surface area contributed by atoms with E-state index in [9.17, 15) is 10.2 Å². The Bertz CT molecular complexity index is 440. The molecule has 0 aromatic heterocycles. The maximum atomic E-state index is 9.94. The summed E-state index contributed by atoms with van der Waals surface area (Å²) in [6.45, 7) is 0. The first-order chi connectivity index (χ1) is 7.11. The van der Waals surface area contributed by atoms with Gasteiger partial charge in [0, 0.05) is 24.3 Å². The molecule has 15 heavy (non-hydrogen) atoms. The van der Waals surface area contributed by atoms with Crippen LogP contribution in [0.4, 0.5) is 0 Å². The highest BCUT2D eigenvalue weighted by molar-refractivity contribution is 5.97. The van der Waals surface area contributed by atoms with E-state index in [2.05, 4.69) is 0 Å². The van der Waals surface area contributed by atoms with Crippen molar-refractivity contribution >= 4 is 11.6 Å². The molecule has 0 saturated heterocycles. The number of aliphatic hydroxyl groups excluding tert-OH is 2. The first kappa shape index (κ1) is 9.73. The third kappa shape index (κ3) is 1.49. The smallest absolute Gasteiger partial charge is 0.154 e. The summed E-state index contributed by atoms with van der Waals surface area (Å²) in [4.78, 5) is 1.39. The summed E-state index contributed by atoms with van der Waals surface area (Å²) in [6.07, 6.45) is 0.435. The average Bonchev–Trinajstić information content (AvgIpc) is 2.33. The quantitative estimate of drug-likeness (QED) is 0.600. The van der Waals surface area contributed by atoms with Gasteiger partial charge in [-0.05, 0) is 0 Å². The lowest BCUT2D eigenvalue weighted by Gasteiger charge is -2.23. The van der Waals surface area contributed by atoms with Crippen molar-refractivity contribution in [2.75, 3.05) is 7.05 Å². The van der Waals surface area contributed by atoms with Crippen LogP contribution in [-0.4, -0.2) is 28.0 Å². The number of fused-ring (bicyclic) bond motifs is 1. The number of benzene rings is 1. The van der Waals surface area contributed by atoms with Gasteiger partial charge in [0.1, 0.15) is 11.6 Å². The minimum atomic E-state index is -0.894. The first-order valence-corrected chi connectivity index (χ1v) is 4.60. The molecule has 4 heteroatoms. The molecule has 1 aromatic carbocycles. The topological polar surface area (TPSA) is 67.6 Å². The fourth-order valence-electron chi connectivity index (χ4n) is 1.60. The van der Waals surface area contributed by atoms with Gasteiger partial charge in [-0.3, -0.25) is 5.41 Å². The first-order valence-electron chi connectivity index (χ1n) is 4.60. The molecule has 0 spiro atoms. The van der Waals surface area contributed by atoms with Gasteiger partial charge in [-0.1, -0.05) is 24.3 Å². The molecular weight excluding hydrogens is 192 g/mol. The standard InChI is InChI=1S/C11H12N2O2/c1-13-10(12)6-9(14)7-4-2-3-5-8(7)11(13)15/h2-6,11-12,14-15H,1H3. The van der Waals surface area contributed by atoms with E-state index in [-0.39, 0.29) is 11.6 Å². The summed E-state index contributed by atoms with van der Waals surface area (Å²) < 4.78 is 0. The van der Waals surface area contributed by atoms with Crippen LogP contribution in [-0.2, 0) is 0 Å². The van der Waals surface area contributed by atoms with E-state index in [4.69, 9.17) is 5.41 Å². The molecule has 2 rings (SSSR count). The SMILES string of the molecule is CN1C(=N)C=C(O)c2ccccc2C1O. The monoisotopic (exact) mass is 204 g/mol. The van der Waals surface area contributed by atoms with E-state index in [1.165, 1.54) is 11.0 Å². The summed E-state index contributed by atoms with van der Waals surface area (Å²) in [6, 6.07) is 7.03. The maximum absolute atomic E-state index is 9.94. The second-order valence-corrected chi connectivity index (χ2v) is 3.49. The van der Waals surface area contributed by atoms with Gasteiger partial charge in [0.05, 0.1) is 0 Å². The van der Waals surface area contributed by atoms with Crippen LogP contribution in [0.3, 0.4) is 0 Å². The van der Waals surface area contributed by atoms with E-state index in [1.54, 1.807) is 31.3 Å². The Balaban J connectivity index is 2.63. The van der Waals surface area contributed by atoms with Crippen LogP contribution in [0, 0.1) is 5.41 Å². The molecule has 1 aromatic rings. The van der Waals surface area contributed by atoms with E-state index in [0.29, 0.717) is 11.1 Å². The lowest BCUT2D eigenvalue weighted by atomic mass is 10.1. The molecule has 0 bridgehead atoms. The average molecular weight is 204 g/mol. The van der Waals surface area contributed by atoms with Gasteiger partial charge < -0.3 is 15.1 Å². The Morgan fingerprint density at radius 3 is 2.73 bits per heavy atom. The molecule has 1 aliphatic heterocycles. The van der Waals surface area contributed by atoms with Crippen molar-refractivity contribution in [3.8, 4) is 0 Å². The highest BCUT2D eigenvalue weighted by Gasteiger charge is 2.23. The van der Waals surface area contributed by atoms with Crippen LogP contribution in [0.15, 0.2) is 30.3 Å². The van der Waals surface area contributed by atoms with E-state index >= 15 is 0 Å². The number of likely N-dealkylation sites (N-methyl/N-ethyl adjacent to an activating group) is 1. The zero-order chi connectivity index (χ0) is 11.0. The molecule has 0 aliphatic carbocycles. The van der Waals surface area contributed by atoms with Crippen molar-refractivity contribution in [3.63, 3.8) is 0 Å². The molecule has 3 N–H and O–H groups in total. The predicted octanol–water partition coefficient (Wildman–Crippen LogP) is 1.50. The molecular formula is C11H12N2O2. The van der Waals surface area contributed by atoms with Crippen LogP contribution < -0.4 is 0 Å². The van der Waals surface area contributed by atoms with Gasteiger partial charge in [0.2, 0.25) is 0 Å². The van der Waals surface area contributed by atoms with Crippen molar-refractivity contribution in [3.05, 3.63) is 41.5 Å². The van der Waals surface area contributed by atoms with Crippen LogP contribution in [0.1, 0.15) is 17.4 Å². The van der Waals surface area contributed by atoms with Gasteiger partial charge >= 0.3 is 0 Å². The fourth-order valence-corrected chi connectivity index (χ4v) is 1.60. The van der Waals surface area contributed by atoms with Gasteiger partial charge in [-0.2, -0.15) is 0 Å². The zero-order valence-corrected chi connectivity index (χ0v) is 8.31. The zero-order valence-electron chi connectivity index (χ0n) is 8.31. The summed E-state index contributed by atoms with van der Waals surface area (Å²) in [7, 11) is 1.61. The lowest BCUT2D eigenvalue weighted by molar-refractivity contribution is 0.0696. The number of nitrogens with zero attached hydrogens (tertiary/aromatic N) is 1. The van der Waals surface area contributed by atoms with Crippen molar-refractivity contribution in [2.24, 2.45) is 0 Å². The molecule has 1 atom stereocenters. The number of hydrogen-bond acceptors (Lipinski definition) is 3. The normalized spacial score (nSPS) is 20.7. The Hall–Kier alpha value is -1.81. The van der Waals surface area contributed by atoms with E-state index < -0.39 is 6.23 Å². The van der Waals surface area contributed by atoms with E-state index in [0.717, 1.165) is 0 Å². The number of amidine groups is 1. The molecule has 1 heterocycles. The molecule has 4 nitrogen and oxygen atoms in total. The molecule has 0 fully saturated rings. The van der Waals surface area contributed by atoms with Gasteiger partial charge in [0.25, 0.3) is 0 Å². The highest BCUT2D eigenvalue weighted by atomic mass is 16.3. The summed E-state index contributed by atoms with van der Waals surface area (Å²) >= 11 is 0. The third-order valence-electron chi connectivity index (χ3n) is 2.54. The Morgan fingerprint density at radius 1 is 1.33 bits per heavy atom. The molecule has 78 valence electrons. The Labute approximate surface area is 87.6 Å². The second kappa shape index (κ2) is 3.40. The minimum absolute atomic E-state index is 0.0130. The van der Waals surface area contributed by atoms with Crippen LogP contribution in [0.2, 0.25) is 0 Å². The lowest BCUT2D eigenvalue weighted by Crippen LogP contribution is -2.28. The van der Waals surface area contributed by atoms with Crippen LogP contribution in [0.5, 0.6) is 0 Å². The van der Waals surface area contributed by atoms with Gasteiger partial charge in [-0.25, -0.2) is 0 Å². The number of rotatable bonds is 0. The number of nitrogens with one attached hydrogen (secondary N) is 1. The molecule has 0 saturated carbocycles. The van der Waals surface area contributed by atoms with Crippen molar-refractivity contribution in [1.82, 2.24) is 4.90 Å². The predicted molar refractivity (Wildman–Crippen MR) is 57.5 cm³/mol.